The quantitative estimate of drug-likeness (QED) is 0.737. The van der Waals surface area contributed by atoms with E-state index in [0.29, 0.717) is 5.33 Å². The molecule has 0 unspecified atom stereocenters. The molecular formula is C13H10Br2FNO. The Labute approximate surface area is 121 Å². The molecule has 2 aromatic rings. The molecule has 2 nitrogen and oxygen atoms in total. The Morgan fingerprint density at radius 3 is 2.67 bits per heavy atom. The molecule has 0 aliphatic heterocycles. The third kappa shape index (κ3) is 3.53. The molecule has 2 rings (SSSR count). The summed E-state index contributed by atoms with van der Waals surface area (Å²) >= 11 is 6.60. The summed E-state index contributed by atoms with van der Waals surface area (Å²) in [5, 5.41) is 0.625. The molecule has 0 atom stereocenters. The fourth-order valence-corrected chi connectivity index (χ4v) is 2.20. The van der Waals surface area contributed by atoms with Gasteiger partial charge in [0.2, 0.25) is 0 Å². The Balaban J connectivity index is 2.06. The minimum Gasteiger partial charge on any atom is -0.486 e. The largest absolute Gasteiger partial charge is 0.486 e. The molecule has 0 amide bonds. The molecule has 94 valence electrons. The number of hydrogen-bond donors (Lipinski definition) is 0. The summed E-state index contributed by atoms with van der Waals surface area (Å²) in [7, 11) is 0. The van der Waals surface area contributed by atoms with E-state index >= 15 is 0 Å². The fourth-order valence-electron chi connectivity index (χ4n) is 1.44. The van der Waals surface area contributed by atoms with Crippen LogP contribution in [0.4, 0.5) is 4.39 Å². The van der Waals surface area contributed by atoms with Crippen LogP contribution in [0.25, 0.3) is 0 Å². The molecule has 0 fully saturated rings. The Kier molecular flexibility index (Phi) is 4.72. The summed E-state index contributed by atoms with van der Waals surface area (Å²) in [5.74, 6) is -0.102. The van der Waals surface area contributed by atoms with Gasteiger partial charge in [-0.3, -0.25) is 4.98 Å². The summed E-state index contributed by atoms with van der Waals surface area (Å²) in [4.78, 5) is 4.02. The third-order valence-electron chi connectivity index (χ3n) is 2.31. The van der Waals surface area contributed by atoms with Crippen molar-refractivity contribution in [1.82, 2.24) is 4.98 Å². The molecule has 0 saturated heterocycles. The number of halogens is 3. The summed E-state index contributed by atoms with van der Waals surface area (Å²) in [6, 6.07) is 6.81. The molecule has 0 bridgehead atoms. The van der Waals surface area contributed by atoms with E-state index in [-0.39, 0.29) is 18.2 Å². The number of nitrogens with zero attached hydrogens (tertiary/aromatic N) is 1. The molecule has 0 aliphatic rings. The second kappa shape index (κ2) is 6.29. The molecular weight excluding hydrogens is 365 g/mol. The molecule has 0 saturated carbocycles. The van der Waals surface area contributed by atoms with Gasteiger partial charge >= 0.3 is 0 Å². The van der Waals surface area contributed by atoms with Crippen molar-refractivity contribution >= 4 is 31.9 Å². The van der Waals surface area contributed by atoms with Crippen LogP contribution in [-0.2, 0) is 11.9 Å². The van der Waals surface area contributed by atoms with Crippen LogP contribution in [0.15, 0.2) is 41.1 Å². The van der Waals surface area contributed by atoms with Gasteiger partial charge < -0.3 is 4.74 Å². The molecule has 0 N–H and O–H groups in total. The molecule has 0 aliphatic carbocycles. The number of alkyl halides is 1. The Hall–Kier alpha value is -0.940. The number of hydrogen-bond acceptors (Lipinski definition) is 2. The van der Waals surface area contributed by atoms with Crippen LogP contribution >= 0.6 is 31.9 Å². The lowest BCUT2D eigenvalue weighted by Gasteiger charge is -2.08. The first kappa shape index (κ1) is 13.5. The standard InChI is InChI=1S/C13H10Br2FNO/c14-5-9-1-2-13(12(16)4-9)18-8-10-3-11(15)7-17-6-10/h1-4,6-7H,5,8H2. The smallest absolute Gasteiger partial charge is 0.165 e. The second-order valence-corrected chi connectivity index (χ2v) is 5.17. The summed E-state index contributed by atoms with van der Waals surface area (Å²) in [6.07, 6.45) is 3.38. The van der Waals surface area contributed by atoms with Crippen molar-refractivity contribution in [2.24, 2.45) is 0 Å². The zero-order valence-corrected chi connectivity index (χ0v) is 12.5. The van der Waals surface area contributed by atoms with E-state index in [9.17, 15) is 4.39 Å². The van der Waals surface area contributed by atoms with Crippen molar-refractivity contribution in [2.45, 2.75) is 11.9 Å². The zero-order valence-electron chi connectivity index (χ0n) is 9.37. The first-order valence-corrected chi connectivity index (χ1v) is 7.17. The van der Waals surface area contributed by atoms with Gasteiger partial charge in [-0.1, -0.05) is 22.0 Å². The highest BCUT2D eigenvalue weighted by molar-refractivity contribution is 9.10. The lowest BCUT2D eigenvalue weighted by Crippen LogP contribution is -1.98. The molecule has 5 heteroatoms. The molecule has 0 spiro atoms. The first-order valence-electron chi connectivity index (χ1n) is 5.25. The highest BCUT2D eigenvalue weighted by Crippen LogP contribution is 2.21. The topological polar surface area (TPSA) is 22.1 Å². The summed E-state index contributed by atoms with van der Waals surface area (Å²) in [5.41, 5.74) is 1.76. The molecule has 1 heterocycles. The predicted octanol–water partition coefficient (Wildman–Crippen LogP) is 4.46. The van der Waals surface area contributed by atoms with Gasteiger partial charge in [-0.2, -0.15) is 0 Å². The number of benzene rings is 1. The maximum Gasteiger partial charge on any atom is 0.165 e. The monoisotopic (exact) mass is 373 g/mol. The highest BCUT2D eigenvalue weighted by atomic mass is 79.9. The second-order valence-electron chi connectivity index (χ2n) is 3.70. The number of rotatable bonds is 4. The lowest BCUT2D eigenvalue weighted by molar-refractivity contribution is 0.289. The maximum absolute atomic E-state index is 13.6. The van der Waals surface area contributed by atoms with Gasteiger partial charge in [-0.15, -0.1) is 0 Å². The van der Waals surface area contributed by atoms with Crippen molar-refractivity contribution in [3.63, 3.8) is 0 Å². The van der Waals surface area contributed by atoms with Gasteiger partial charge in [0.05, 0.1) is 0 Å². The Bertz CT molecular complexity index is 548. The van der Waals surface area contributed by atoms with Gasteiger partial charge in [-0.05, 0) is 39.7 Å². The van der Waals surface area contributed by atoms with Crippen molar-refractivity contribution in [1.29, 1.82) is 0 Å². The fraction of sp³-hybridized carbons (Fsp3) is 0.154. The maximum atomic E-state index is 13.6. The van der Waals surface area contributed by atoms with Crippen molar-refractivity contribution in [3.05, 3.63) is 58.1 Å². The van der Waals surface area contributed by atoms with Gasteiger partial charge in [-0.25, -0.2) is 4.39 Å². The minimum atomic E-state index is -0.352. The Morgan fingerprint density at radius 1 is 1.17 bits per heavy atom. The molecule has 18 heavy (non-hydrogen) atoms. The number of ether oxygens (including phenoxy) is 1. The van der Waals surface area contributed by atoms with E-state index in [4.69, 9.17) is 4.74 Å². The van der Waals surface area contributed by atoms with E-state index in [1.165, 1.54) is 6.07 Å². The molecule has 1 aromatic carbocycles. The van der Waals surface area contributed by atoms with E-state index in [1.807, 2.05) is 12.1 Å². The number of aromatic nitrogens is 1. The predicted molar refractivity (Wildman–Crippen MR) is 75.3 cm³/mol. The van der Waals surface area contributed by atoms with Crippen LogP contribution in [0.5, 0.6) is 5.75 Å². The van der Waals surface area contributed by atoms with Crippen LogP contribution in [-0.4, -0.2) is 4.98 Å². The van der Waals surface area contributed by atoms with Gasteiger partial charge in [0, 0.05) is 27.8 Å². The van der Waals surface area contributed by atoms with Crippen LogP contribution < -0.4 is 4.74 Å². The summed E-state index contributed by atoms with van der Waals surface area (Å²) in [6.45, 7) is 0.289. The van der Waals surface area contributed by atoms with Crippen LogP contribution in [0, 0.1) is 5.82 Å². The first-order chi connectivity index (χ1) is 8.69. The molecule has 1 aromatic heterocycles. The third-order valence-corrected chi connectivity index (χ3v) is 3.39. The van der Waals surface area contributed by atoms with Crippen LogP contribution in [0.1, 0.15) is 11.1 Å². The lowest BCUT2D eigenvalue weighted by atomic mass is 10.2. The van der Waals surface area contributed by atoms with E-state index in [2.05, 4.69) is 36.8 Å². The van der Waals surface area contributed by atoms with E-state index in [1.54, 1.807) is 18.5 Å². The SMILES string of the molecule is Fc1cc(CBr)ccc1OCc1cncc(Br)c1. The van der Waals surface area contributed by atoms with E-state index in [0.717, 1.165) is 15.6 Å². The minimum absolute atomic E-state index is 0.250. The van der Waals surface area contributed by atoms with Crippen LogP contribution in [0.3, 0.4) is 0 Å². The highest BCUT2D eigenvalue weighted by Gasteiger charge is 2.05. The average Bonchev–Trinajstić information content (AvgIpc) is 2.37. The average molecular weight is 375 g/mol. The van der Waals surface area contributed by atoms with Crippen molar-refractivity contribution < 1.29 is 9.13 Å². The normalized spacial score (nSPS) is 10.4. The summed E-state index contributed by atoms with van der Waals surface area (Å²) < 4.78 is 19.9. The van der Waals surface area contributed by atoms with Gasteiger partial charge in [0.25, 0.3) is 0 Å². The van der Waals surface area contributed by atoms with Crippen molar-refractivity contribution in [3.8, 4) is 5.75 Å². The number of pyridine rings is 1. The Morgan fingerprint density at radius 2 is 2.00 bits per heavy atom. The van der Waals surface area contributed by atoms with Crippen molar-refractivity contribution in [2.75, 3.05) is 0 Å². The van der Waals surface area contributed by atoms with E-state index < -0.39 is 0 Å². The van der Waals surface area contributed by atoms with Gasteiger partial charge in [0.15, 0.2) is 11.6 Å². The molecule has 0 radical (unpaired) electrons. The zero-order chi connectivity index (χ0) is 13.0. The van der Waals surface area contributed by atoms with Crippen LogP contribution in [0.2, 0.25) is 0 Å². The van der Waals surface area contributed by atoms with Gasteiger partial charge in [0.1, 0.15) is 6.61 Å².